The first-order valence-electron chi connectivity index (χ1n) is 20.5. The monoisotopic (exact) mass is 761 g/mol. The third-order valence-electron chi connectivity index (χ3n) is 8.57. The van der Waals surface area contributed by atoms with Crippen molar-refractivity contribution in [2.45, 2.75) is 124 Å². The molecule has 0 aromatic rings. The summed E-state index contributed by atoms with van der Waals surface area (Å²) in [5, 5.41) is 64.6. The zero-order valence-electron chi connectivity index (χ0n) is 35.0. The maximum absolute atomic E-state index is 8.66. The molecule has 0 saturated carbocycles. The summed E-state index contributed by atoms with van der Waals surface area (Å²) in [6.45, 7) is 27.3. The van der Waals surface area contributed by atoms with E-state index in [9.17, 15) is 0 Å². The molecule has 0 bridgehead atoms. The fourth-order valence-electron chi connectivity index (χ4n) is 5.30. The largest absolute Gasteiger partial charge is 0.396 e. The molecule has 0 radical (unpaired) electrons. The molecule has 1 heterocycles. The van der Waals surface area contributed by atoms with Gasteiger partial charge >= 0.3 is 0 Å². The average molecular weight is 761 g/mol. The van der Waals surface area contributed by atoms with Crippen LogP contribution in [0.1, 0.15) is 112 Å². The lowest BCUT2D eigenvalue weighted by molar-refractivity contribution is -0.928. The second-order valence-corrected chi connectivity index (χ2v) is 13.3. The predicted octanol–water partition coefficient (Wildman–Crippen LogP) is 0.570. The standard InChI is InChI=1S/C12H28N.C6H14N2O.C6H15NO.C5H13NO2.C5H12O2.C4H12N2O/c1-5-9-13(10-6-2,11-7-3)12-8-4;9-6-5-8-3-1-7-2-4-8;1-3-6(7,4-2)5-8;6-5(1-3-7)2-4-8;6-4-2-1-3-5-7;5-1-2-6-3-4-7/h5-12H2,1-4H3;7,9H,1-6H2;8H,3-5,7H2,1-2H3;5,7-8H,1-4,6H2;2*6-7H,1-5H2/q+1;;;;;. The third-order valence-corrected chi connectivity index (χ3v) is 8.57. The van der Waals surface area contributed by atoms with Crippen molar-refractivity contribution < 1.29 is 40.2 Å². The summed E-state index contributed by atoms with van der Waals surface area (Å²) < 4.78 is 1.38. The summed E-state index contributed by atoms with van der Waals surface area (Å²) in [7, 11) is 0. The topological polar surface area (TPSA) is 247 Å². The molecule has 0 aromatic heterocycles. The van der Waals surface area contributed by atoms with Crippen LogP contribution >= 0.6 is 0 Å². The molecule has 1 aliphatic rings. The van der Waals surface area contributed by atoms with Gasteiger partial charge in [-0.25, -0.2) is 0 Å². The van der Waals surface area contributed by atoms with Gasteiger partial charge in [-0.1, -0.05) is 41.5 Å². The molecule has 0 atom stereocenters. The molecule has 1 saturated heterocycles. The summed E-state index contributed by atoms with van der Waals surface area (Å²) in [4.78, 5) is 2.26. The number of aliphatic hydroxyl groups is 7. The molecule has 0 unspecified atom stereocenters. The number of aliphatic hydroxyl groups excluding tert-OH is 7. The van der Waals surface area contributed by atoms with E-state index in [1.54, 1.807) is 0 Å². The first kappa shape index (κ1) is 60.7. The van der Waals surface area contributed by atoms with Crippen LogP contribution in [0, 0.1) is 0 Å². The van der Waals surface area contributed by atoms with Crippen molar-refractivity contribution in [3.8, 4) is 0 Å². The van der Waals surface area contributed by atoms with Gasteiger partial charge in [-0.15, -0.1) is 0 Å². The third kappa shape index (κ3) is 47.5. The normalized spacial score (nSPS) is 12.9. The van der Waals surface area contributed by atoms with Gasteiger partial charge in [0.15, 0.2) is 0 Å². The van der Waals surface area contributed by atoms with E-state index in [2.05, 4.69) is 43.2 Å². The Bertz CT molecular complexity index is 544. The number of β-amino-alcohol motifs (C(OH)–C–C–N with tert-alkyl or cyclic N) is 1. The van der Waals surface area contributed by atoms with Crippen LogP contribution in [0.25, 0.3) is 0 Å². The van der Waals surface area contributed by atoms with E-state index < -0.39 is 0 Å². The fraction of sp³-hybridized carbons (Fsp3) is 1.00. The van der Waals surface area contributed by atoms with E-state index >= 15 is 0 Å². The van der Waals surface area contributed by atoms with Crippen LogP contribution in [0.15, 0.2) is 0 Å². The Morgan fingerprint density at radius 2 is 1.10 bits per heavy atom. The van der Waals surface area contributed by atoms with Gasteiger partial charge in [-0.2, -0.15) is 0 Å². The van der Waals surface area contributed by atoms with E-state index in [0.29, 0.717) is 32.5 Å². The number of hydrogen-bond acceptors (Lipinski definition) is 13. The molecule has 1 rings (SSSR count). The molecular formula is C38H94N7O7+. The lowest BCUT2D eigenvalue weighted by Gasteiger charge is -2.38. The summed E-state index contributed by atoms with van der Waals surface area (Å²) >= 11 is 0. The van der Waals surface area contributed by atoms with Crippen molar-refractivity contribution in [1.29, 1.82) is 0 Å². The SMILES string of the molecule is CCC(N)(CC)CO.CCC[N+](CCC)(CCC)CCC.NC(CCO)CCO.NCCNCCO.OCCCCCO.OCCN1CCNCC1. The minimum absolute atomic E-state index is 0.0370. The quantitative estimate of drug-likeness (QED) is 0.0450. The van der Waals surface area contributed by atoms with Crippen molar-refractivity contribution in [1.82, 2.24) is 15.5 Å². The van der Waals surface area contributed by atoms with Crippen LogP contribution in [-0.4, -0.2) is 181 Å². The Labute approximate surface area is 321 Å². The zero-order chi connectivity index (χ0) is 40.8. The van der Waals surface area contributed by atoms with Crippen LogP contribution in [0.2, 0.25) is 0 Å². The second-order valence-electron chi connectivity index (χ2n) is 13.3. The number of hydrogen-bond donors (Lipinski definition) is 12. The van der Waals surface area contributed by atoms with Gasteiger partial charge in [0.05, 0.1) is 46.0 Å². The summed E-state index contributed by atoms with van der Waals surface area (Å²) in [6.07, 6.45) is 10.8. The summed E-state index contributed by atoms with van der Waals surface area (Å²) in [5.41, 5.74) is 15.8. The van der Waals surface area contributed by atoms with Crippen molar-refractivity contribution in [2.24, 2.45) is 17.2 Å². The smallest absolute Gasteiger partial charge is 0.0783 e. The molecule has 0 aromatic carbocycles. The van der Waals surface area contributed by atoms with Crippen LogP contribution in [0.4, 0.5) is 0 Å². The van der Waals surface area contributed by atoms with Crippen molar-refractivity contribution >= 4 is 0 Å². The lowest BCUT2D eigenvalue weighted by Crippen LogP contribution is -2.50. The molecule has 1 aliphatic heterocycles. The Morgan fingerprint density at radius 3 is 1.37 bits per heavy atom. The summed E-state index contributed by atoms with van der Waals surface area (Å²) in [6, 6.07) is -0.0370. The molecule has 14 nitrogen and oxygen atoms in total. The van der Waals surface area contributed by atoms with Crippen LogP contribution in [0.3, 0.4) is 0 Å². The number of nitrogens with two attached hydrogens (primary N) is 3. The summed E-state index contributed by atoms with van der Waals surface area (Å²) in [5.74, 6) is 0. The van der Waals surface area contributed by atoms with Gasteiger partial charge in [-0.3, -0.25) is 4.90 Å². The molecule has 52 heavy (non-hydrogen) atoms. The first-order chi connectivity index (χ1) is 25.0. The van der Waals surface area contributed by atoms with Gasteiger partial charge < -0.3 is 68.1 Å². The molecule has 15 N–H and O–H groups in total. The van der Waals surface area contributed by atoms with E-state index in [0.717, 1.165) is 71.4 Å². The highest BCUT2D eigenvalue weighted by Gasteiger charge is 2.22. The van der Waals surface area contributed by atoms with Gasteiger partial charge in [0.1, 0.15) is 0 Å². The number of rotatable bonds is 25. The number of unbranched alkanes of at least 4 members (excludes halogenated alkanes) is 2. The fourth-order valence-corrected chi connectivity index (χ4v) is 5.30. The number of nitrogens with one attached hydrogen (secondary N) is 2. The minimum Gasteiger partial charge on any atom is -0.396 e. The highest BCUT2D eigenvalue weighted by molar-refractivity contribution is 4.78. The van der Waals surface area contributed by atoms with Gasteiger partial charge in [0.25, 0.3) is 0 Å². The molecule has 322 valence electrons. The molecule has 0 spiro atoms. The molecular weight excluding hydrogens is 666 g/mol. The maximum atomic E-state index is 8.66. The van der Waals surface area contributed by atoms with E-state index in [-0.39, 0.29) is 51.2 Å². The predicted molar refractivity (Wildman–Crippen MR) is 220 cm³/mol. The zero-order valence-corrected chi connectivity index (χ0v) is 35.0. The van der Waals surface area contributed by atoms with Crippen molar-refractivity contribution in [3.05, 3.63) is 0 Å². The van der Waals surface area contributed by atoms with Gasteiger partial charge in [0.2, 0.25) is 0 Å². The Morgan fingerprint density at radius 1 is 0.654 bits per heavy atom. The first-order valence-corrected chi connectivity index (χ1v) is 20.5. The number of piperazine rings is 1. The van der Waals surface area contributed by atoms with Crippen LogP contribution in [0.5, 0.6) is 0 Å². The van der Waals surface area contributed by atoms with Gasteiger partial charge in [-0.05, 0) is 70.6 Å². The maximum Gasteiger partial charge on any atom is 0.0783 e. The second kappa shape index (κ2) is 50.4. The van der Waals surface area contributed by atoms with Crippen LogP contribution < -0.4 is 27.8 Å². The van der Waals surface area contributed by atoms with E-state index in [1.165, 1.54) is 56.3 Å². The molecule has 1 fully saturated rings. The van der Waals surface area contributed by atoms with Crippen molar-refractivity contribution in [2.75, 3.05) is 125 Å². The van der Waals surface area contributed by atoms with E-state index in [4.69, 9.17) is 52.9 Å². The Hall–Kier alpha value is -0.560. The highest BCUT2D eigenvalue weighted by atomic mass is 16.3. The average Bonchev–Trinajstić information content (AvgIpc) is 3.14. The Kier molecular flexibility index (Phi) is 58.9. The molecule has 14 heteroatoms. The van der Waals surface area contributed by atoms with Crippen molar-refractivity contribution in [3.63, 3.8) is 0 Å². The molecule has 0 aliphatic carbocycles. The van der Waals surface area contributed by atoms with E-state index in [1.807, 2.05) is 13.8 Å². The minimum atomic E-state index is -0.319. The Balaban J connectivity index is -0.000000173. The molecule has 0 amide bonds. The highest BCUT2D eigenvalue weighted by Crippen LogP contribution is 2.12. The number of nitrogens with zero attached hydrogens (tertiary/aromatic N) is 2. The van der Waals surface area contributed by atoms with Gasteiger partial charge in [0, 0.05) is 90.4 Å². The van der Waals surface area contributed by atoms with Crippen LogP contribution in [-0.2, 0) is 0 Å². The lowest BCUT2D eigenvalue weighted by atomic mass is 9.96. The number of quaternary nitrogens is 1.